The number of amides is 2. The Morgan fingerprint density at radius 2 is 1.88 bits per heavy atom. The van der Waals surface area contributed by atoms with Crippen LogP contribution in [0.15, 0.2) is 42.1 Å². The van der Waals surface area contributed by atoms with Crippen LogP contribution in [0.1, 0.15) is 44.6 Å². The molecule has 1 unspecified atom stereocenters. The summed E-state index contributed by atoms with van der Waals surface area (Å²) >= 11 is 0. The average Bonchev–Trinajstić information content (AvgIpc) is 2.61. The number of nitrogens with one attached hydrogen (secondary N) is 1. The standard InChI is InChI=1S/C18H24N2O4/c1-3-23-17(21)19-20(18(22)24-4-2)16-12-10-15(11-13-16)14-8-6-5-7-9-14/h5-9,12,15H,3-4,10-11,13H2,1-2H3,(H,19,21). The Labute approximate surface area is 142 Å². The quantitative estimate of drug-likeness (QED) is 0.848. The van der Waals surface area contributed by atoms with Crippen LogP contribution in [-0.2, 0) is 9.47 Å². The van der Waals surface area contributed by atoms with Crippen LogP contribution in [0.4, 0.5) is 9.59 Å². The zero-order chi connectivity index (χ0) is 17.4. The van der Waals surface area contributed by atoms with E-state index in [0.29, 0.717) is 12.3 Å². The van der Waals surface area contributed by atoms with Crippen molar-refractivity contribution in [3.63, 3.8) is 0 Å². The van der Waals surface area contributed by atoms with Crippen LogP contribution in [0.3, 0.4) is 0 Å². The maximum Gasteiger partial charge on any atom is 0.433 e. The van der Waals surface area contributed by atoms with Gasteiger partial charge in [0.2, 0.25) is 0 Å². The minimum absolute atomic E-state index is 0.234. The summed E-state index contributed by atoms with van der Waals surface area (Å²) in [6, 6.07) is 10.3. The van der Waals surface area contributed by atoms with Crippen molar-refractivity contribution in [2.24, 2.45) is 0 Å². The molecule has 24 heavy (non-hydrogen) atoms. The monoisotopic (exact) mass is 332 g/mol. The summed E-state index contributed by atoms with van der Waals surface area (Å²) < 4.78 is 9.88. The van der Waals surface area contributed by atoms with Crippen molar-refractivity contribution in [1.82, 2.24) is 10.4 Å². The smallest absolute Gasteiger partial charge is 0.433 e. The number of rotatable bonds is 4. The maximum atomic E-state index is 12.1. The molecule has 0 bridgehead atoms. The van der Waals surface area contributed by atoms with Gasteiger partial charge in [0.1, 0.15) is 0 Å². The predicted octanol–water partition coefficient (Wildman–Crippen LogP) is 3.96. The van der Waals surface area contributed by atoms with E-state index < -0.39 is 12.2 Å². The molecule has 0 fully saturated rings. The van der Waals surface area contributed by atoms with Crippen molar-refractivity contribution < 1.29 is 19.1 Å². The summed E-state index contributed by atoms with van der Waals surface area (Å²) in [5, 5.41) is 1.16. The van der Waals surface area contributed by atoms with Crippen molar-refractivity contribution in [1.29, 1.82) is 0 Å². The number of carbonyl (C=O) groups is 2. The molecular weight excluding hydrogens is 308 g/mol. The first kappa shape index (κ1) is 17.8. The van der Waals surface area contributed by atoms with E-state index in [2.05, 4.69) is 17.6 Å². The van der Waals surface area contributed by atoms with E-state index in [4.69, 9.17) is 9.47 Å². The van der Waals surface area contributed by atoms with E-state index in [0.717, 1.165) is 23.5 Å². The molecule has 0 aliphatic heterocycles. The maximum absolute atomic E-state index is 12.1. The Morgan fingerprint density at radius 1 is 1.17 bits per heavy atom. The van der Waals surface area contributed by atoms with Gasteiger partial charge in [0.05, 0.1) is 13.2 Å². The van der Waals surface area contributed by atoms with Gasteiger partial charge in [-0.1, -0.05) is 36.4 Å². The Morgan fingerprint density at radius 3 is 2.46 bits per heavy atom. The highest BCUT2D eigenvalue weighted by Gasteiger charge is 2.26. The molecule has 2 amide bonds. The summed E-state index contributed by atoms with van der Waals surface area (Å²) in [6.07, 6.45) is 3.08. The van der Waals surface area contributed by atoms with Crippen molar-refractivity contribution in [2.75, 3.05) is 13.2 Å². The lowest BCUT2D eigenvalue weighted by atomic mass is 9.86. The highest BCUT2D eigenvalue weighted by Crippen LogP contribution is 2.32. The third kappa shape index (κ3) is 4.75. The molecule has 0 saturated heterocycles. The summed E-state index contributed by atoms with van der Waals surface area (Å²) in [5.74, 6) is 0.418. The second kappa shape index (κ2) is 8.96. The number of allylic oxidation sites excluding steroid dienone is 2. The molecule has 0 saturated carbocycles. The number of carbonyl (C=O) groups excluding carboxylic acids is 2. The number of hydrazine groups is 1. The van der Waals surface area contributed by atoms with E-state index in [1.54, 1.807) is 13.8 Å². The topological polar surface area (TPSA) is 67.9 Å². The van der Waals surface area contributed by atoms with E-state index in [-0.39, 0.29) is 13.2 Å². The minimum atomic E-state index is -0.670. The summed E-state index contributed by atoms with van der Waals surface area (Å²) in [7, 11) is 0. The molecule has 0 spiro atoms. The van der Waals surface area contributed by atoms with Gasteiger partial charge in [-0.2, -0.15) is 5.01 Å². The zero-order valence-electron chi connectivity index (χ0n) is 14.2. The first-order chi connectivity index (χ1) is 11.7. The second-order valence-electron chi connectivity index (χ2n) is 5.44. The third-order valence-electron chi connectivity index (χ3n) is 3.87. The lowest BCUT2D eigenvalue weighted by Crippen LogP contribution is -2.46. The number of hydrogen-bond acceptors (Lipinski definition) is 4. The van der Waals surface area contributed by atoms with Crippen LogP contribution in [-0.4, -0.2) is 30.4 Å². The fraction of sp³-hybridized carbons (Fsp3) is 0.444. The number of hydrogen-bond donors (Lipinski definition) is 1. The molecule has 2 rings (SSSR count). The molecule has 1 aliphatic rings. The number of nitrogens with zero attached hydrogens (tertiary/aromatic N) is 1. The van der Waals surface area contributed by atoms with E-state index in [1.165, 1.54) is 5.56 Å². The van der Waals surface area contributed by atoms with Crippen LogP contribution in [0.5, 0.6) is 0 Å². The molecule has 0 radical (unpaired) electrons. The highest BCUT2D eigenvalue weighted by molar-refractivity contribution is 5.75. The first-order valence-corrected chi connectivity index (χ1v) is 8.30. The lowest BCUT2D eigenvalue weighted by Gasteiger charge is -2.29. The highest BCUT2D eigenvalue weighted by atomic mass is 16.6. The Bertz CT molecular complexity index is 586. The number of benzene rings is 1. The number of ether oxygens (including phenoxy) is 2. The Balaban J connectivity index is 2.08. The van der Waals surface area contributed by atoms with E-state index in [1.807, 2.05) is 24.3 Å². The van der Waals surface area contributed by atoms with Crippen LogP contribution < -0.4 is 5.43 Å². The van der Waals surface area contributed by atoms with Gasteiger partial charge in [-0.25, -0.2) is 15.0 Å². The summed E-state index contributed by atoms with van der Waals surface area (Å²) in [5.41, 5.74) is 4.47. The van der Waals surface area contributed by atoms with Gasteiger partial charge in [-0.05, 0) is 44.6 Å². The summed E-state index contributed by atoms with van der Waals surface area (Å²) in [4.78, 5) is 23.8. The molecule has 1 aromatic rings. The van der Waals surface area contributed by atoms with E-state index in [9.17, 15) is 9.59 Å². The van der Waals surface area contributed by atoms with Gasteiger partial charge in [0, 0.05) is 5.70 Å². The van der Waals surface area contributed by atoms with Gasteiger partial charge >= 0.3 is 12.2 Å². The van der Waals surface area contributed by atoms with Crippen molar-refractivity contribution in [3.8, 4) is 0 Å². The Hall–Kier alpha value is -2.50. The second-order valence-corrected chi connectivity index (χ2v) is 5.44. The fourth-order valence-electron chi connectivity index (χ4n) is 2.73. The van der Waals surface area contributed by atoms with Gasteiger partial charge in [-0.3, -0.25) is 0 Å². The van der Waals surface area contributed by atoms with Crippen LogP contribution in [0, 0.1) is 0 Å². The van der Waals surface area contributed by atoms with Crippen molar-refractivity contribution in [2.45, 2.75) is 39.0 Å². The Kier molecular flexibility index (Phi) is 6.66. The fourth-order valence-corrected chi connectivity index (χ4v) is 2.73. The SMILES string of the molecule is CCOC(=O)NN(C(=O)OCC)C1=CCC(c2ccccc2)CC1. The zero-order valence-corrected chi connectivity index (χ0v) is 14.2. The third-order valence-corrected chi connectivity index (χ3v) is 3.87. The predicted molar refractivity (Wildman–Crippen MR) is 90.1 cm³/mol. The largest absolute Gasteiger partial charge is 0.449 e. The minimum Gasteiger partial charge on any atom is -0.449 e. The molecule has 0 heterocycles. The normalized spacial score (nSPS) is 16.8. The molecule has 6 nitrogen and oxygen atoms in total. The molecule has 1 N–H and O–H groups in total. The van der Waals surface area contributed by atoms with Crippen molar-refractivity contribution >= 4 is 12.2 Å². The van der Waals surface area contributed by atoms with Crippen LogP contribution in [0.2, 0.25) is 0 Å². The van der Waals surface area contributed by atoms with Crippen LogP contribution >= 0.6 is 0 Å². The van der Waals surface area contributed by atoms with Gasteiger partial charge in [-0.15, -0.1) is 0 Å². The molecular formula is C18H24N2O4. The van der Waals surface area contributed by atoms with Gasteiger partial charge < -0.3 is 9.47 Å². The van der Waals surface area contributed by atoms with Gasteiger partial charge in [0.15, 0.2) is 0 Å². The van der Waals surface area contributed by atoms with Crippen LogP contribution in [0.25, 0.3) is 0 Å². The van der Waals surface area contributed by atoms with Crippen molar-refractivity contribution in [3.05, 3.63) is 47.7 Å². The molecule has 130 valence electrons. The average molecular weight is 332 g/mol. The summed E-state index contributed by atoms with van der Waals surface area (Å²) in [6.45, 7) is 3.90. The first-order valence-electron chi connectivity index (χ1n) is 8.30. The lowest BCUT2D eigenvalue weighted by molar-refractivity contribution is 0.0852. The molecule has 1 aliphatic carbocycles. The molecule has 1 aromatic carbocycles. The molecule has 1 atom stereocenters. The van der Waals surface area contributed by atoms with E-state index >= 15 is 0 Å². The van der Waals surface area contributed by atoms with Gasteiger partial charge in [0.25, 0.3) is 0 Å². The molecule has 6 heteroatoms. The molecule has 0 aromatic heterocycles.